The molecule has 0 saturated carbocycles. The van der Waals surface area contributed by atoms with Crippen LogP contribution in [-0.2, 0) is 0 Å². The van der Waals surface area contributed by atoms with Crippen molar-refractivity contribution in [3.63, 3.8) is 0 Å². The molecule has 7 nitrogen and oxygen atoms in total. The van der Waals surface area contributed by atoms with E-state index in [9.17, 15) is 0 Å². The van der Waals surface area contributed by atoms with Crippen molar-refractivity contribution in [2.75, 3.05) is 5.73 Å². The van der Waals surface area contributed by atoms with Crippen molar-refractivity contribution in [2.24, 2.45) is 0 Å². The lowest BCUT2D eigenvalue weighted by atomic mass is 9.93. The third-order valence-corrected chi connectivity index (χ3v) is 3.56. The molecule has 0 spiro atoms. The summed E-state index contributed by atoms with van der Waals surface area (Å²) in [6.07, 6.45) is 10.2. The first kappa shape index (κ1) is 12.4. The van der Waals surface area contributed by atoms with E-state index in [1.165, 1.54) is 0 Å². The van der Waals surface area contributed by atoms with E-state index in [4.69, 9.17) is 5.73 Å². The predicted octanol–water partition coefficient (Wildman–Crippen LogP) is 2.44. The molecule has 0 unspecified atom stereocenters. The quantitative estimate of drug-likeness (QED) is 0.434. The Labute approximate surface area is 125 Å². The van der Waals surface area contributed by atoms with Crippen LogP contribution in [0.4, 0.5) is 5.69 Å². The molecule has 1 aromatic carbocycles. The van der Waals surface area contributed by atoms with E-state index in [-0.39, 0.29) is 0 Å². The van der Waals surface area contributed by atoms with Crippen LogP contribution in [0.5, 0.6) is 0 Å². The Kier molecular flexibility index (Phi) is 2.75. The van der Waals surface area contributed by atoms with Gasteiger partial charge in [0.05, 0.1) is 54.7 Å². The number of aromatic nitrogens is 6. The lowest BCUT2D eigenvalue weighted by Crippen LogP contribution is -1.97. The zero-order valence-electron chi connectivity index (χ0n) is 11.5. The van der Waals surface area contributed by atoms with E-state index < -0.39 is 0 Å². The minimum atomic E-state index is 0.664. The minimum Gasteiger partial charge on any atom is -0.398 e. The molecule has 3 heterocycles. The molecule has 0 aliphatic carbocycles. The van der Waals surface area contributed by atoms with Crippen LogP contribution in [0.3, 0.4) is 0 Å². The van der Waals surface area contributed by atoms with Crippen LogP contribution in [0.2, 0.25) is 0 Å². The fourth-order valence-electron chi connectivity index (χ4n) is 2.60. The standard InChI is InChI=1S/C15H13N7/c16-10-2-1-9(11-3-17-6-20-11)14(12-4-18-7-21-12)15(10)13-5-19-8-22-13/h1-8H,16H2,(H,17,20)(H,18,21)(H,19,22). The van der Waals surface area contributed by atoms with Crippen molar-refractivity contribution >= 4 is 5.69 Å². The Hall–Kier alpha value is -3.35. The lowest BCUT2D eigenvalue weighted by molar-refractivity contribution is 1.30. The molecule has 4 aromatic rings. The summed E-state index contributed by atoms with van der Waals surface area (Å²) in [6, 6.07) is 3.85. The van der Waals surface area contributed by atoms with Gasteiger partial charge in [-0.25, -0.2) is 15.0 Å². The van der Waals surface area contributed by atoms with Crippen molar-refractivity contribution in [2.45, 2.75) is 0 Å². The maximum atomic E-state index is 6.23. The fourth-order valence-corrected chi connectivity index (χ4v) is 2.60. The van der Waals surface area contributed by atoms with Crippen molar-refractivity contribution in [1.29, 1.82) is 0 Å². The topological polar surface area (TPSA) is 112 Å². The van der Waals surface area contributed by atoms with Crippen molar-refractivity contribution in [3.05, 3.63) is 49.7 Å². The molecular weight excluding hydrogens is 278 g/mol. The summed E-state index contributed by atoms with van der Waals surface area (Å²) in [6.45, 7) is 0. The first-order valence-corrected chi connectivity index (χ1v) is 6.73. The monoisotopic (exact) mass is 291 g/mol. The van der Waals surface area contributed by atoms with Gasteiger partial charge < -0.3 is 20.7 Å². The number of aromatic amines is 3. The first-order chi connectivity index (χ1) is 10.8. The average Bonchev–Trinajstić information content (AvgIpc) is 3.28. The molecule has 0 saturated heterocycles. The van der Waals surface area contributed by atoms with Crippen molar-refractivity contribution < 1.29 is 0 Å². The van der Waals surface area contributed by atoms with E-state index in [1.54, 1.807) is 37.6 Å². The molecule has 5 N–H and O–H groups in total. The number of imidazole rings is 3. The molecule has 0 radical (unpaired) electrons. The summed E-state index contributed by atoms with van der Waals surface area (Å²) < 4.78 is 0. The summed E-state index contributed by atoms with van der Waals surface area (Å²) in [4.78, 5) is 21.7. The largest absolute Gasteiger partial charge is 0.398 e. The molecule has 0 atom stereocenters. The maximum absolute atomic E-state index is 6.23. The normalized spacial score (nSPS) is 10.9. The summed E-state index contributed by atoms with van der Waals surface area (Å²) >= 11 is 0. The number of nitrogen functional groups attached to an aromatic ring is 1. The van der Waals surface area contributed by atoms with Gasteiger partial charge in [0.15, 0.2) is 0 Å². The molecule has 0 aliphatic rings. The zero-order valence-corrected chi connectivity index (χ0v) is 11.5. The number of H-pyrrole nitrogens is 3. The zero-order chi connectivity index (χ0) is 14.9. The van der Waals surface area contributed by atoms with E-state index in [0.717, 1.165) is 33.8 Å². The van der Waals surface area contributed by atoms with Crippen LogP contribution in [-0.4, -0.2) is 29.9 Å². The predicted molar refractivity (Wildman–Crippen MR) is 83.6 cm³/mol. The van der Waals surface area contributed by atoms with Crippen LogP contribution in [0.25, 0.3) is 33.8 Å². The highest BCUT2D eigenvalue weighted by molar-refractivity contribution is 5.96. The van der Waals surface area contributed by atoms with Gasteiger partial charge in [0, 0.05) is 22.4 Å². The Morgan fingerprint density at radius 1 is 0.682 bits per heavy atom. The Morgan fingerprint density at radius 2 is 1.23 bits per heavy atom. The smallest absolute Gasteiger partial charge is 0.0924 e. The SMILES string of the molecule is Nc1ccc(-c2cnc[nH]2)c(-c2cnc[nH]2)c1-c1cnc[nH]1. The van der Waals surface area contributed by atoms with Crippen LogP contribution < -0.4 is 5.73 Å². The first-order valence-electron chi connectivity index (χ1n) is 6.73. The number of hydrogen-bond acceptors (Lipinski definition) is 4. The van der Waals surface area contributed by atoms with Gasteiger partial charge in [-0.15, -0.1) is 0 Å². The molecule has 108 valence electrons. The van der Waals surface area contributed by atoms with Gasteiger partial charge in [-0.2, -0.15) is 0 Å². The lowest BCUT2D eigenvalue weighted by Gasteiger charge is -2.14. The number of nitrogens with zero attached hydrogens (tertiary/aromatic N) is 3. The van der Waals surface area contributed by atoms with Crippen LogP contribution in [0.15, 0.2) is 49.7 Å². The van der Waals surface area contributed by atoms with E-state index in [2.05, 4.69) is 29.9 Å². The third-order valence-electron chi connectivity index (χ3n) is 3.56. The Bertz CT molecular complexity index is 875. The van der Waals surface area contributed by atoms with E-state index in [1.807, 2.05) is 12.1 Å². The van der Waals surface area contributed by atoms with Gasteiger partial charge in [-0.05, 0) is 6.07 Å². The summed E-state index contributed by atoms with van der Waals surface area (Å²) in [5.41, 5.74) is 12.4. The number of nitrogens with two attached hydrogens (primary N) is 1. The molecule has 4 rings (SSSR count). The summed E-state index contributed by atoms with van der Waals surface area (Å²) in [5.74, 6) is 0. The number of hydrogen-bond donors (Lipinski definition) is 4. The molecule has 0 bridgehead atoms. The third kappa shape index (κ3) is 1.87. The van der Waals surface area contributed by atoms with Gasteiger partial charge in [-0.3, -0.25) is 0 Å². The van der Waals surface area contributed by atoms with Gasteiger partial charge >= 0.3 is 0 Å². The minimum absolute atomic E-state index is 0.664. The number of nitrogens with one attached hydrogen (secondary N) is 3. The highest BCUT2D eigenvalue weighted by atomic mass is 14.9. The van der Waals surface area contributed by atoms with Crippen LogP contribution >= 0.6 is 0 Å². The summed E-state index contributed by atoms with van der Waals surface area (Å²) in [5, 5.41) is 0. The number of rotatable bonds is 3. The highest BCUT2D eigenvalue weighted by Gasteiger charge is 2.19. The van der Waals surface area contributed by atoms with E-state index >= 15 is 0 Å². The van der Waals surface area contributed by atoms with Gasteiger partial charge in [0.25, 0.3) is 0 Å². The van der Waals surface area contributed by atoms with Crippen molar-refractivity contribution in [3.8, 4) is 33.8 Å². The molecule has 22 heavy (non-hydrogen) atoms. The average molecular weight is 291 g/mol. The maximum Gasteiger partial charge on any atom is 0.0924 e. The molecule has 0 aliphatic heterocycles. The molecule has 0 fully saturated rings. The molecule has 3 aromatic heterocycles. The van der Waals surface area contributed by atoms with Gasteiger partial charge in [0.2, 0.25) is 0 Å². The van der Waals surface area contributed by atoms with Gasteiger partial charge in [0.1, 0.15) is 0 Å². The molecule has 0 amide bonds. The number of benzene rings is 1. The molecule has 7 heteroatoms. The summed E-state index contributed by atoms with van der Waals surface area (Å²) in [7, 11) is 0. The fraction of sp³-hybridized carbons (Fsp3) is 0. The second-order valence-corrected chi connectivity index (χ2v) is 4.85. The second-order valence-electron chi connectivity index (χ2n) is 4.85. The van der Waals surface area contributed by atoms with Crippen molar-refractivity contribution in [1.82, 2.24) is 29.9 Å². The number of anilines is 1. The Morgan fingerprint density at radius 3 is 1.77 bits per heavy atom. The van der Waals surface area contributed by atoms with Crippen LogP contribution in [0, 0.1) is 0 Å². The highest BCUT2D eigenvalue weighted by Crippen LogP contribution is 2.41. The van der Waals surface area contributed by atoms with Crippen LogP contribution in [0.1, 0.15) is 0 Å². The van der Waals surface area contributed by atoms with E-state index in [0.29, 0.717) is 5.69 Å². The van der Waals surface area contributed by atoms with Gasteiger partial charge in [-0.1, -0.05) is 6.07 Å². The second kappa shape index (κ2) is 4.88. The Balaban J connectivity index is 2.08. The molecular formula is C15H13N7.